The van der Waals surface area contributed by atoms with Crippen LogP contribution < -0.4 is 4.74 Å². The summed E-state index contributed by atoms with van der Waals surface area (Å²) in [5, 5.41) is 0. The Morgan fingerprint density at radius 3 is 2.50 bits per heavy atom. The molecule has 0 N–H and O–H groups in total. The third-order valence-electron chi connectivity index (χ3n) is 4.78. The van der Waals surface area contributed by atoms with Crippen molar-refractivity contribution in [3.8, 4) is 5.75 Å². The van der Waals surface area contributed by atoms with E-state index in [1.807, 2.05) is 37.3 Å². The van der Waals surface area contributed by atoms with Crippen LogP contribution in [-0.4, -0.2) is 55.8 Å². The van der Waals surface area contributed by atoms with E-state index in [9.17, 15) is 13.2 Å². The van der Waals surface area contributed by atoms with Crippen LogP contribution in [0.25, 0.3) is 0 Å². The van der Waals surface area contributed by atoms with E-state index in [0.717, 1.165) is 16.2 Å². The molecule has 1 saturated heterocycles. The molecule has 2 aliphatic rings. The Labute approximate surface area is 157 Å². The van der Waals surface area contributed by atoms with Crippen LogP contribution in [0.2, 0.25) is 0 Å². The minimum atomic E-state index is -3.47. The first-order valence-corrected chi connectivity index (χ1v) is 10.8. The molecular formula is C18H20N2O4S2. The first-order valence-electron chi connectivity index (χ1n) is 8.55. The molecule has 3 heterocycles. The Morgan fingerprint density at radius 2 is 1.85 bits per heavy atom. The minimum Gasteiger partial charge on any atom is -0.480 e. The summed E-state index contributed by atoms with van der Waals surface area (Å²) in [5.41, 5.74) is 1.04. The van der Waals surface area contributed by atoms with Crippen LogP contribution in [0.3, 0.4) is 0 Å². The number of carbonyl (C=O) groups excluding carboxylic acids is 1. The standard InChI is InChI=1S/C18H20N2O4S2/c1-13-6-7-17(25-13)26(22,23)20-10-8-19(9-11-20)18(21)16-12-14-4-2-3-5-15(14)24-16/h2-7,16H,8-12H2,1H3/t16-/m0/s1. The van der Waals surface area contributed by atoms with Gasteiger partial charge in [0, 0.05) is 37.5 Å². The molecule has 0 aliphatic carbocycles. The zero-order chi connectivity index (χ0) is 18.3. The highest BCUT2D eigenvalue weighted by atomic mass is 32.2. The third kappa shape index (κ3) is 3.13. The van der Waals surface area contributed by atoms with Crippen molar-refractivity contribution in [2.24, 2.45) is 0 Å². The second kappa shape index (κ2) is 6.68. The number of amides is 1. The highest BCUT2D eigenvalue weighted by molar-refractivity contribution is 7.91. The van der Waals surface area contributed by atoms with Gasteiger partial charge >= 0.3 is 0 Å². The fourth-order valence-corrected chi connectivity index (χ4v) is 6.21. The summed E-state index contributed by atoms with van der Waals surface area (Å²) in [5.74, 6) is 0.699. The zero-order valence-electron chi connectivity index (χ0n) is 14.4. The molecule has 0 bridgehead atoms. The highest BCUT2D eigenvalue weighted by Gasteiger charge is 2.36. The predicted octanol–water partition coefficient (Wildman–Crippen LogP) is 1.89. The van der Waals surface area contributed by atoms with Gasteiger partial charge in [-0.25, -0.2) is 8.42 Å². The maximum absolute atomic E-state index is 12.7. The van der Waals surface area contributed by atoms with Crippen LogP contribution in [0.4, 0.5) is 0 Å². The number of aryl methyl sites for hydroxylation is 1. The number of rotatable bonds is 3. The van der Waals surface area contributed by atoms with E-state index < -0.39 is 16.1 Å². The smallest absolute Gasteiger partial charge is 0.264 e. The number of benzene rings is 1. The molecule has 4 rings (SSSR count). The molecule has 2 aromatic rings. The summed E-state index contributed by atoms with van der Waals surface area (Å²) < 4.78 is 33.0. The van der Waals surface area contributed by atoms with Crippen molar-refractivity contribution in [2.75, 3.05) is 26.2 Å². The topological polar surface area (TPSA) is 66.9 Å². The molecule has 1 aromatic heterocycles. The van der Waals surface area contributed by atoms with Gasteiger partial charge in [0.1, 0.15) is 9.96 Å². The molecule has 0 saturated carbocycles. The van der Waals surface area contributed by atoms with E-state index in [1.165, 1.54) is 15.6 Å². The maximum Gasteiger partial charge on any atom is 0.264 e. The molecule has 1 aromatic carbocycles. The lowest BCUT2D eigenvalue weighted by atomic mass is 10.1. The number of piperazine rings is 1. The normalized spacial score (nSPS) is 20.7. The molecule has 0 radical (unpaired) electrons. The summed E-state index contributed by atoms with van der Waals surface area (Å²) in [4.78, 5) is 15.4. The summed E-state index contributed by atoms with van der Waals surface area (Å²) >= 11 is 1.28. The van der Waals surface area contributed by atoms with Crippen LogP contribution >= 0.6 is 11.3 Å². The molecule has 1 fully saturated rings. The zero-order valence-corrected chi connectivity index (χ0v) is 16.1. The van der Waals surface area contributed by atoms with Gasteiger partial charge in [-0.2, -0.15) is 4.31 Å². The van der Waals surface area contributed by atoms with E-state index in [0.29, 0.717) is 36.8 Å². The van der Waals surface area contributed by atoms with Crippen LogP contribution in [0.1, 0.15) is 10.4 Å². The molecular weight excluding hydrogens is 372 g/mol. The first-order chi connectivity index (χ1) is 12.4. The van der Waals surface area contributed by atoms with Gasteiger partial charge in [-0.3, -0.25) is 4.79 Å². The number of fused-ring (bicyclic) bond motifs is 1. The van der Waals surface area contributed by atoms with Crippen molar-refractivity contribution in [3.05, 3.63) is 46.8 Å². The summed E-state index contributed by atoms with van der Waals surface area (Å²) in [6.45, 7) is 3.28. The lowest BCUT2D eigenvalue weighted by Crippen LogP contribution is -2.53. The van der Waals surface area contributed by atoms with E-state index in [2.05, 4.69) is 0 Å². The molecule has 0 unspecified atom stereocenters. The average Bonchev–Trinajstić information content (AvgIpc) is 3.27. The SMILES string of the molecule is Cc1ccc(S(=O)(=O)N2CCN(C(=O)[C@@H]3Cc4ccccc4O3)CC2)s1. The number of thiophene rings is 1. The molecule has 26 heavy (non-hydrogen) atoms. The van der Waals surface area contributed by atoms with Gasteiger partial charge in [-0.05, 0) is 30.7 Å². The Balaban J connectivity index is 1.39. The second-order valence-electron chi connectivity index (χ2n) is 6.51. The molecule has 1 atom stereocenters. The van der Waals surface area contributed by atoms with Crippen LogP contribution in [0.15, 0.2) is 40.6 Å². The number of carbonyl (C=O) groups is 1. The summed E-state index contributed by atoms with van der Waals surface area (Å²) in [6, 6.07) is 11.1. The Bertz CT molecular complexity index is 905. The van der Waals surface area contributed by atoms with Crippen molar-refractivity contribution in [3.63, 3.8) is 0 Å². The summed E-state index contributed by atoms with van der Waals surface area (Å²) in [7, 11) is -3.47. The largest absolute Gasteiger partial charge is 0.480 e. The Kier molecular flexibility index (Phi) is 4.50. The van der Waals surface area contributed by atoms with Gasteiger partial charge in [0.05, 0.1) is 0 Å². The van der Waals surface area contributed by atoms with Gasteiger partial charge < -0.3 is 9.64 Å². The maximum atomic E-state index is 12.7. The average molecular weight is 393 g/mol. The van der Waals surface area contributed by atoms with E-state index >= 15 is 0 Å². The van der Waals surface area contributed by atoms with Crippen LogP contribution in [-0.2, 0) is 21.2 Å². The van der Waals surface area contributed by atoms with Crippen molar-refractivity contribution in [1.82, 2.24) is 9.21 Å². The molecule has 8 heteroatoms. The van der Waals surface area contributed by atoms with E-state index in [4.69, 9.17) is 4.74 Å². The lowest BCUT2D eigenvalue weighted by molar-refractivity contribution is -0.139. The number of ether oxygens (including phenoxy) is 1. The van der Waals surface area contributed by atoms with Crippen molar-refractivity contribution < 1.29 is 17.9 Å². The van der Waals surface area contributed by atoms with Crippen molar-refractivity contribution in [1.29, 1.82) is 0 Å². The Morgan fingerprint density at radius 1 is 1.12 bits per heavy atom. The lowest BCUT2D eigenvalue weighted by Gasteiger charge is -2.34. The number of nitrogens with zero attached hydrogens (tertiary/aromatic N) is 2. The van der Waals surface area contributed by atoms with Gasteiger partial charge in [0.15, 0.2) is 6.10 Å². The predicted molar refractivity (Wildman–Crippen MR) is 99.0 cm³/mol. The number of hydrogen-bond acceptors (Lipinski definition) is 5. The van der Waals surface area contributed by atoms with Gasteiger partial charge in [0.2, 0.25) is 0 Å². The van der Waals surface area contributed by atoms with Gasteiger partial charge in [-0.15, -0.1) is 11.3 Å². The molecule has 2 aliphatic heterocycles. The fourth-order valence-electron chi connectivity index (χ4n) is 3.35. The second-order valence-corrected chi connectivity index (χ2v) is 9.97. The van der Waals surface area contributed by atoms with Crippen LogP contribution in [0.5, 0.6) is 5.75 Å². The van der Waals surface area contributed by atoms with Gasteiger partial charge in [0.25, 0.3) is 15.9 Å². The third-order valence-corrected chi connectivity index (χ3v) is 8.15. The summed E-state index contributed by atoms with van der Waals surface area (Å²) in [6.07, 6.45) is 0.0673. The van der Waals surface area contributed by atoms with E-state index in [-0.39, 0.29) is 5.91 Å². The number of sulfonamides is 1. The monoisotopic (exact) mass is 392 g/mol. The van der Waals surface area contributed by atoms with Crippen LogP contribution in [0, 0.1) is 6.92 Å². The molecule has 138 valence electrons. The quantitative estimate of drug-likeness (QED) is 0.800. The first kappa shape index (κ1) is 17.5. The molecule has 6 nitrogen and oxygen atoms in total. The fraction of sp³-hybridized carbons (Fsp3) is 0.389. The number of para-hydroxylation sites is 1. The minimum absolute atomic E-state index is 0.0646. The van der Waals surface area contributed by atoms with E-state index in [1.54, 1.807) is 11.0 Å². The van der Waals surface area contributed by atoms with Gasteiger partial charge in [-0.1, -0.05) is 18.2 Å². The number of hydrogen-bond donors (Lipinski definition) is 0. The highest BCUT2D eigenvalue weighted by Crippen LogP contribution is 2.30. The molecule has 1 amide bonds. The Hall–Kier alpha value is -1.90. The van der Waals surface area contributed by atoms with Crippen molar-refractivity contribution in [2.45, 2.75) is 23.7 Å². The van der Waals surface area contributed by atoms with Crippen molar-refractivity contribution >= 4 is 27.3 Å². The molecule has 0 spiro atoms.